The van der Waals surface area contributed by atoms with E-state index >= 15 is 0 Å². The zero-order chi connectivity index (χ0) is 12.6. The molecule has 0 unspecified atom stereocenters. The zero-order valence-corrected chi connectivity index (χ0v) is 11.2. The van der Waals surface area contributed by atoms with Gasteiger partial charge in [-0.15, -0.1) is 0 Å². The molecular formula is C13H18ClNO2. The normalized spacial score (nSPS) is 17.5. The van der Waals surface area contributed by atoms with Gasteiger partial charge < -0.3 is 15.2 Å². The Morgan fingerprint density at radius 3 is 2.35 bits per heavy atom. The number of hydrogen-bond donors (Lipinski definition) is 1. The summed E-state index contributed by atoms with van der Waals surface area (Å²) < 4.78 is 10.8. The quantitative estimate of drug-likeness (QED) is 0.903. The number of benzene rings is 1. The van der Waals surface area contributed by atoms with Gasteiger partial charge in [-0.2, -0.15) is 0 Å². The molecule has 1 aromatic rings. The van der Waals surface area contributed by atoms with Gasteiger partial charge in [-0.1, -0.05) is 11.6 Å². The van der Waals surface area contributed by atoms with E-state index in [1.54, 1.807) is 20.3 Å². The number of hydrogen-bond acceptors (Lipinski definition) is 3. The number of nitrogens with two attached hydrogens (primary N) is 1. The highest BCUT2D eigenvalue weighted by Gasteiger charge is 2.39. The van der Waals surface area contributed by atoms with Gasteiger partial charge in [-0.25, -0.2) is 0 Å². The summed E-state index contributed by atoms with van der Waals surface area (Å²) in [6.45, 7) is 1.98. The lowest BCUT2D eigenvalue weighted by Crippen LogP contribution is -2.44. The smallest absolute Gasteiger partial charge is 0.166 e. The molecule has 0 amide bonds. The van der Waals surface area contributed by atoms with Crippen LogP contribution in [0.5, 0.6) is 11.5 Å². The summed E-state index contributed by atoms with van der Waals surface area (Å²) in [5.41, 5.74) is 8.08. The summed E-state index contributed by atoms with van der Waals surface area (Å²) in [6, 6.07) is 1.78. The van der Waals surface area contributed by atoms with E-state index in [2.05, 4.69) is 0 Å². The average molecular weight is 256 g/mol. The Hall–Kier alpha value is -0.930. The van der Waals surface area contributed by atoms with E-state index < -0.39 is 0 Å². The summed E-state index contributed by atoms with van der Waals surface area (Å²) in [5.74, 6) is 1.37. The predicted octanol–water partition coefficient (Wildman–Crippen LogP) is 3.00. The molecule has 0 aromatic heterocycles. The molecule has 2 rings (SSSR count). The Kier molecular flexibility index (Phi) is 3.23. The molecular weight excluding hydrogens is 238 g/mol. The molecule has 1 aliphatic rings. The maximum absolute atomic E-state index is 6.40. The molecule has 0 saturated heterocycles. The monoisotopic (exact) mass is 255 g/mol. The number of halogens is 1. The van der Waals surface area contributed by atoms with Crippen molar-refractivity contribution in [2.24, 2.45) is 5.73 Å². The number of rotatable bonds is 3. The molecule has 1 aliphatic carbocycles. The Bertz CT molecular complexity index is 442. The predicted molar refractivity (Wildman–Crippen MR) is 69.0 cm³/mol. The first-order valence-corrected chi connectivity index (χ1v) is 6.11. The van der Waals surface area contributed by atoms with Crippen LogP contribution in [0.2, 0.25) is 5.02 Å². The van der Waals surface area contributed by atoms with E-state index in [9.17, 15) is 0 Å². The highest BCUT2D eigenvalue weighted by atomic mass is 35.5. The Labute approximate surface area is 107 Å². The molecule has 3 nitrogen and oxygen atoms in total. The molecule has 0 heterocycles. The van der Waals surface area contributed by atoms with Crippen LogP contribution in [0.1, 0.15) is 30.4 Å². The van der Waals surface area contributed by atoms with Crippen LogP contribution in [0.25, 0.3) is 0 Å². The van der Waals surface area contributed by atoms with E-state index in [0.29, 0.717) is 10.8 Å². The summed E-state index contributed by atoms with van der Waals surface area (Å²) in [6.07, 6.45) is 3.08. The van der Waals surface area contributed by atoms with Gasteiger partial charge in [0.1, 0.15) is 0 Å². The van der Waals surface area contributed by atoms with Gasteiger partial charge in [0.05, 0.1) is 14.2 Å². The molecule has 0 spiro atoms. The van der Waals surface area contributed by atoms with Crippen molar-refractivity contribution in [3.63, 3.8) is 0 Å². The van der Waals surface area contributed by atoms with Crippen LogP contribution >= 0.6 is 11.6 Å². The third-order valence-corrected chi connectivity index (χ3v) is 4.00. The van der Waals surface area contributed by atoms with Crippen molar-refractivity contribution >= 4 is 11.6 Å². The molecule has 17 heavy (non-hydrogen) atoms. The summed E-state index contributed by atoms with van der Waals surface area (Å²) in [7, 11) is 3.24. The second-order valence-electron chi connectivity index (χ2n) is 4.60. The van der Waals surface area contributed by atoms with Crippen molar-refractivity contribution in [3.05, 3.63) is 22.2 Å². The fraction of sp³-hybridized carbons (Fsp3) is 0.538. The van der Waals surface area contributed by atoms with Gasteiger partial charge in [-0.05, 0) is 31.7 Å². The van der Waals surface area contributed by atoms with Crippen molar-refractivity contribution in [3.8, 4) is 11.5 Å². The van der Waals surface area contributed by atoms with E-state index in [4.69, 9.17) is 26.8 Å². The number of methoxy groups -OCH3 is 2. The van der Waals surface area contributed by atoms with Crippen LogP contribution in [0.4, 0.5) is 0 Å². The van der Waals surface area contributed by atoms with Gasteiger partial charge in [0.15, 0.2) is 11.5 Å². The van der Waals surface area contributed by atoms with Gasteiger partial charge in [0.25, 0.3) is 0 Å². The molecule has 0 radical (unpaired) electrons. The van der Waals surface area contributed by atoms with Crippen molar-refractivity contribution in [1.82, 2.24) is 0 Å². The van der Waals surface area contributed by atoms with E-state index in [0.717, 1.165) is 36.1 Å². The molecule has 1 aromatic carbocycles. The van der Waals surface area contributed by atoms with Gasteiger partial charge in [0, 0.05) is 22.2 Å². The summed E-state index contributed by atoms with van der Waals surface area (Å²) in [5, 5.41) is 0.675. The first-order valence-electron chi connectivity index (χ1n) is 5.74. The lowest BCUT2D eigenvalue weighted by atomic mass is 9.71. The van der Waals surface area contributed by atoms with Crippen molar-refractivity contribution in [1.29, 1.82) is 0 Å². The molecule has 0 aliphatic heterocycles. The van der Waals surface area contributed by atoms with E-state index in [1.807, 2.05) is 6.92 Å². The Balaban J connectivity index is 2.65. The molecule has 0 bridgehead atoms. The van der Waals surface area contributed by atoms with Crippen LogP contribution in [-0.4, -0.2) is 14.2 Å². The Morgan fingerprint density at radius 1 is 1.29 bits per heavy atom. The molecule has 4 heteroatoms. The lowest BCUT2D eigenvalue weighted by Gasteiger charge is -2.40. The van der Waals surface area contributed by atoms with Gasteiger partial charge in [0.2, 0.25) is 0 Å². The zero-order valence-electron chi connectivity index (χ0n) is 10.5. The van der Waals surface area contributed by atoms with Crippen molar-refractivity contribution in [2.75, 3.05) is 14.2 Å². The van der Waals surface area contributed by atoms with Crippen LogP contribution in [0, 0.1) is 6.92 Å². The maximum Gasteiger partial charge on any atom is 0.166 e. The van der Waals surface area contributed by atoms with E-state index in [-0.39, 0.29) is 5.54 Å². The van der Waals surface area contributed by atoms with Crippen molar-refractivity contribution in [2.45, 2.75) is 31.7 Å². The van der Waals surface area contributed by atoms with Gasteiger partial charge >= 0.3 is 0 Å². The second kappa shape index (κ2) is 4.39. The molecule has 0 atom stereocenters. The van der Waals surface area contributed by atoms with E-state index in [1.165, 1.54) is 0 Å². The first-order chi connectivity index (χ1) is 8.03. The van der Waals surface area contributed by atoms with Crippen molar-refractivity contribution < 1.29 is 9.47 Å². The third-order valence-electron chi connectivity index (χ3n) is 3.61. The largest absolute Gasteiger partial charge is 0.493 e. The fourth-order valence-corrected chi connectivity index (χ4v) is 2.66. The Morgan fingerprint density at radius 2 is 1.94 bits per heavy atom. The maximum atomic E-state index is 6.40. The minimum absolute atomic E-state index is 0.312. The summed E-state index contributed by atoms with van der Waals surface area (Å²) >= 11 is 6.22. The molecule has 1 saturated carbocycles. The second-order valence-corrected chi connectivity index (χ2v) is 5.01. The minimum atomic E-state index is -0.312. The number of ether oxygens (including phenoxy) is 2. The highest BCUT2D eigenvalue weighted by Crippen LogP contribution is 2.49. The molecule has 1 fully saturated rings. The lowest BCUT2D eigenvalue weighted by molar-refractivity contribution is 0.239. The average Bonchev–Trinajstić information content (AvgIpc) is 2.28. The molecule has 2 N–H and O–H groups in total. The first kappa shape index (κ1) is 12.5. The standard InChI is InChI=1S/C13H18ClNO2/c1-8-9(14)7-10(16-2)12(17-3)11(8)13(15)5-4-6-13/h7H,4-6,15H2,1-3H3. The van der Waals surface area contributed by atoms with Crippen LogP contribution in [0.15, 0.2) is 6.07 Å². The topological polar surface area (TPSA) is 44.5 Å². The van der Waals surface area contributed by atoms with Crippen LogP contribution in [0.3, 0.4) is 0 Å². The van der Waals surface area contributed by atoms with Gasteiger partial charge in [-0.3, -0.25) is 0 Å². The summed E-state index contributed by atoms with van der Waals surface area (Å²) in [4.78, 5) is 0. The van der Waals surface area contributed by atoms with Crippen LogP contribution in [-0.2, 0) is 5.54 Å². The fourth-order valence-electron chi connectivity index (χ4n) is 2.46. The minimum Gasteiger partial charge on any atom is -0.493 e. The SMILES string of the molecule is COc1cc(Cl)c(C)c(C2(N)CCC2)c1OC. The third kappa shape index (κ3) is 1.87. The highest BCUT2D eigenvalue weighted by molar-refractivity contribution is 6.31. The van der Waals surface area contributed by atoms with Crippen LogP contribution < -0.4 is 15.2 Å². The molecule has 94 valence electrons.